The third kappa shape index (κ3) is 5.82. The number of carbonyl (C=O) groups excluding carboxylic acids is 2. The van der Waals surface area contributed by atoms with Crippen molar-refractivity contribution in [3.8, 4) is 0 Å². The van der Waals surface area contributed by atoms with Gasteiger partial charge in [0.05, 0.1) is 18.7 Å². The highest BCUT2D eigenvalue weighted by Crippen LogP contribution is 2.29. The number of anilines is 1. The second-order valence-electron chi connectivity index (χ2n) is 5.96. The molecule has 0 radical (unpaired) electrons. The van der Waals surface area contributed by atoms with Crippen LogP contribution < -0.4 is 10.6 Å². The van der Waals surface area contributed by atoms with Crippen molar-refractivity contribution in [1.29, 1.82) is 0 Å². The molecular formula is C17H22F3N3O3. The Bertz CT molecular complexity index is 612. The molecule has 1 aromatic carbocycles. The van der Waals surface area contributed by atoms with Gasteiger partial charge in [-0.2, -0.15) is 13.2 Å². The fraction of sp³-hybridized carbons (Fsp3) is 0.529. The predicted molar refractivity (Wildman–Crippen MR) is 89.7 cm³/mol. The van der Waals surface area contributed by atoms with Crippen molar-refractivity contribution in [3.63, 3.8) is 0 Å². The monoisotopic (exact) mass is 373 g/mol. The number of halogens is 3. The standard InChI is InChI=1S/C17H22F3N3O3/c1-2-26-16(25)23-9-7-14(8-10-23)22-15(24)11-21-13-5-3-12(4-6-13)17(18,19)20/h3-6,14,21H,2,7-11H2,1H3,(H,22,24). The molecule has 0 spiro atoms. The van der Waals surface area contributed by atoms with E-state index in [4.69, 9.17) is 4.74 Å². The van der Waals surface area contributed by atoms with E-state index in [-0.39, 0.29) is 24.6 Å². The lowest BCUT2D eigenvalue weighted by Gasteiger charge is -2.31. The molecule has 2 amide bonds. The number of hydrogen-bond donors (Lipinski definition) is 2. The summed E-state index contributed by atoms with van der Waals surface area (Å²) < 4.78 is 42.4. The molecule has 1 aliphatic rings. The summed E-state index contributed by atoms with van der Waals surface area (Å²) in [6.45, 7) is 3.05. The minimum absolute atomic E-state index is 0.0382. The Morgan fingerprint density at radius 3 is 2.35 bits per heavy atom. The van der Waals surface area contributed by atoms with Crippen LogP contribution in [0.3, 0.4) is 0 Å². The zero-order valence-electron chi connectivity index (χ0n) is 14.4. The molecule has 0 aromatic heterocycles. The van der Waals surface area contributed by atoms with Crippen LogP contribution in [-0.4, -0.2) is 49.2 Å². The number of likely N-dealkylation sites (tertiary alicyclic amines) is 1. The molecule has 0 saturated carbocycles. The third-order valence-corrected chi connectivity index (χ3v) is 4.05. The number of benzene rings is 1. The molecule has 2 rings (SSSR count). The average molecular weight is 373 g/mol. The number of rotatable bonds is 5. The first-order valence-corrected chi connectivity index (χ1v) is 8.41. The van der Waals surface area contributed by atoms with Crippen molar-refractivity contribution in [2.75, 3.05) is 31.6 Å². The van der Waals surface area contributed by atoms with Crippen LogP contribution >= 0.6 is 0 Å². The highest BCUT2D eigenvalue weighted by Gasteiger charge is 2.30. The van der Waals surface area contributed by atoms with Gasteiger partial charge in [0, 0.05) is 24.8 Å². The summed E-state index contributed by atoms with van der Waals surface area (Å²) in [7, 11) is 0. The lowest BCUT2D eigenvalue weighted by atomic mass is 10.1. The molecule has 1 aromatic rings. The molecule has 0 unspecified atom stereocenters. The van der Waals surface area contributed by atoms with Crippen LogP contribution in [0.15, 0.2) is 24.3 Å². The molecule has 0 aliphatic carbocycles. The Hall–Kier alpha value is -2.45. The van der Waals surface area contributed by atoms with E-state index in [1.807, 2.05) is 0 Å². The van der Waals surface area contributed by atoms with Crippen LogP contribution in [0.5, 0.6) is 0 Å². The molecule has 2 N–H and O–H groups in total. The normalized spacial score (nSPS) is 15.5. The summed E-state index contributed by atoms with van der Waals surface area (Å²) in [6.07, 6.45) is -3.47. The number of nitrogens with one attached hydrogen (secondary N) is 2. The number of piperidine rings is 1. The highest BCUT2D eigenvalue weighted by atomic mass is 19.4. The number of ether oxygens (including phenoxy) is 1. The molecule has 1 heterocycles. The average Bonchev–Trinajstić information content (AvgIpc) is 2.60. The van der Waals surface area contributed by atoms with Gasteiger partial charge < -0.3 is 20.3 Å². The van der Waals surface area contributed by atoms with Crippen LogP contribution in [0.1, 0.15) is 25.3 Å². The summed E-state index contributed by atoms with van der Waals surface area (Å²) in [4.78, 5) is 25.2. The van der Waals surface area contributed by atoms with Gasteiger partial charge in [-0.1, -0.05) is 0 Å². The Labute approximate surface area is 149 Å². The van der Waals surface area contributed by atoms with Crippen LogP contribution in [0, 0.1) is 0 Å². The lowest BCUT2D eigenvalue weighted by Crippen LogP contribution is -2.47. The van der Waals surface area contributed by atoms with E-state index in [1.165, 1.54) is 12.1 Å². The number of amides is 2. The Morgan fingerprint density at radius 2 is 1.81 bits per heavy atom. The number of hydrogen-bond acceptors (Lipinski definition) is 4. The quantitative estimate of drug-likeness (QED) is 0.833. The van der Waals surface area contributed by atoms with E-state index in [9.17, 15) is 22.8 Å². The van der Waals surface area contributed by atoms with Crippen molar-refractivity contribution in [2.45, 2.75) is 32.0 Å². The maximum absolute atomic E-state index is 12.5. The summed E-state index contributed by atoms with van der Waals surface area (Å²) in [5, 5.41) is 5.65. The molecule has 0 bridgehead atoms. The van der Waals surface area contributed by atoms with Gasteiger partial charge in [-0.25, -0.2) is 4.79 Å². The first kappa shape index (κ1) is 19.9. The SMILES string of the molecule is CCOC(=O)N1CCC(NC(=O)CNc2ccc(C(F)(F)F)cc2)CC1. The van der Waals surface area contributed by atoms with E-state index in [0.29, 0.717) is 38.2 Å². The van der Waals surface area contributed by atoms with Gasteiger partial charge in [-0.3, -0.25) is 4.79 Å². The van der Waals surface area contributed by atoms with Gasteiger partial charge in [-0.05, 0) is 44.0 Å². The molecule has 1 aliphatic heterocycles. The molecule has 26 heavy (non-hydrogen) atoms. The van der Waals surface area contributed by atoms with Crippen molar-refractivity contribution in [2.24, 2.45) is 0 Å². The second kappa shape index (κ2) is 8.77. The molecule has 1 saturated heterocycles. The first-order valence-electron chi connectivity index (χ1n) is 8.41. The molecular weight excluding hydrogens is 351 g/mol. The predicted octanol–water partition coefficient (Wildman–Crippen LogP) is 2.85. The lowest BCUT2D eigenvalue weighted by molar-refractivity contribution is -0.137. The van der Waals surface area contributed by atoms with Gasteiger partial charge >= 0.3 is 12.3 Å². The fourth-order valence-corrected chi connectivity index (χ4v) is 2.66. The van der Waals surface area contributed by atoms with Crippen molar-refractivity contribution in [3.05, 3.63) is 29.8 Å². The Balaban J connectivity index is 1.72. The fourth-order valence-electron chi connectivity index (χ4n) is 2.66. The van der Waals surface area contributed by atoms with E-state index >= 15 is 0 Å². The molecule has 9 heteroatoms. The summed E-state index contributed by atoms with van der Waals surface area (Å²) in [5.74, 6) is -0.250. The number of alkyl halides is 3. The van der Waals surface area contributed by atoms with Crippen molar-refractivity contribution in [1.82, 2.24) is 10.2 Å². The van der Waals surface area contributed by atoms with Crippen molar-refractivity contribution >= 4 is 17.7 Å². The van der Waals surface area contributed by atoms with Gasteiger partial charge in [-0.15, -0.1) is 0 Å². The Kier molecular flexibility index (Phi) is 6.70. The maximum Gasteiger partial charge on any atom is 0.416 e. The van der Waals surface area contributed by atoms with E-state index in [1.54, 1.807) is 11.8 Å². The summed E-state index contributed by atoms with van der Waals surface area (Å²) in [5.41, 5.74) is -0.300. The zero-order chi connectivity index (χ0) is 19.2. The zero-order valence-corrected chi connectivity index (χ0v) is 14.4. The Morgan fingerprint density at radius 1 is 1.19 bits per heavy atom. The van der Waals surface area contributed by atoms with E-state index < -0.39 is 11.7 Å². The smallest absolute Gasteiger partial charge is 0.416 e. The molecule has 1 fully saturated rings. The van der Waals surface area contributed by atoms with E-state index in [2.05, 4.69) is 10.6 Å². The summed E-state index contributed by atoms with van der Waals surface area (Å²) in [6, 6.07) is 4.46. The van der Waals surface area contributed by atoms with Crippen LogP contribution in [0.25, 0.3) is 0 Å². The second-order valence-corrected chi connectivity index (χ2v) is 5.96. The van der Waals surface area contributed by atoms with Gasteiger partial charge in [0.1, 0.15) is 0 Å². The molecule has 6 nitrogen and oxygen atoms in total. The highest BCUT2D eigenvalue weighted by molar-refractivity contribution is 5.81. The van der Waals surface area contributed by atoms with Crippen LogP contribution in [0.2, 0.25) is 0 Å². The minimum Gasteiger partial charge on any atom is -0.450 e. The number of nitrogens with zero attached hydrogens (tertiary/aromatic N) is 1. The van der Waals surface area contributed by atoms with Crippen molar-refractivity contribution < 1.29 is 27.5 Å². The maximum atomic E-state index is 12.5. The minimum atomic E-state index is -4.38. The third-order valence-electron chi connectivity index (χ3n) is 4.05. The van der Waals surface area contributed by atoms with Crippen LogP contribution in [0.4, 0.5) is 23.7 Å². The summed E-state index contributed by atoms with van der Waals surface area (Å²) >= 11 is 0. The van der Waals surface area contributed by atoms with Gasteiger partial charge in [0.2, 0.25) is 5.91 Å². The van der Waals surface area contributed by atoms with E-state index in [0.717, 1.165) is 12.1 Å². The molecule has 144 valence electrons. The number of carbonyl (C=O) groups is 2. The first-order chi connectivity index (χ1) is 12.3. The molecule has 0 atom stereocenters. The van der Waals surface area contributed by atoms with Crippen LogP contribution in [-0.2, 0) is 15.7 Å². The van der Waals surface area contributed by atoms with Gasteiger partial charge in [0.15, 0.2) is 0 Å². The topological polar surface area (TPSA) is 70.7 Å². The largest absolute Gasteiger partial charge is 0.450 e. The van der Waals surface area contributed by atoms with Gasteiger partial charge in [0.25, 0.3) is 0 Å².